The minimum atomic E-state index is -0.904. The van der Waals surface area contributed by atoms with Crippen LogP contribution in [-0.2, 0) is 14.3 Å². The van der Waals surface area contributed by atoms with Gasteiger partial charge >= 0.3 is 0 Å². The fourth-order valence-corrected chi connectivity index (χ4v) is 2.16. The van der Waals surface area contributed by atoms with Gasteiger partial charge in [-0.3, -0.25) is 4.79 Å². The zero-order chi connectivity index (χ0) is 13.0. The van der Waals surface area contributed by atoms with Crippen molar-refractivity contribution in [1.82, 2.24) is 5.32 Å². The third kappa shape index (κ3) is 3.38. The summed E-state index contributed by atoms with van der Waals surface area (Å²) in [4.78, 5) is 11.1. The van der Waals surface area contributed by atoms with Crippen molar-refractivity contribution in [3.05, 3.63) is 0 Å². The zero-order valence-electron chi connectivity index (χ0n) is 10.4. The van der Waals surface area contributed by atoms with Crippen LogP contribution in [-0.4, -0.2) is 60.8 Å². The van der Waals surface area contributed by atoms with E-state index in [1.165, 1.54) is 14.0 Å². The largest absolute Gasteiger partial charge is 0.396 e. The monoisotopic (exact) mass is 247 g/mol. The van der Waals surface area contributed by atoms with Crippen LogP contribution in [0.25, 0.3) is 0 Å². The number of hydrogen-bond acceptors (Lipinski definition) is 5. The van der Waals surface area contributed by atoms with Crippen LogP contribution < -0.4 is 5.32 Å². The van der Waals surface area contributed by atoms with Crippen molar-refractivity contribution in [2.24, 2.45) is 5.92 Å². The Morgan fingerprint density at radius 2 is 2.24 bits per heavy atom. The molecular weight excluding hydrogens is 226 g/mol. The molecule has 100 valence electrons. The molecule has 0 aliphatic carbocycles. The molecule has 3 N–H and O–H groups in total. The summed E-state index contributed by atoms with van der Waals surface area (Å²) in [5.74, 6) is -0.530. The van der Waals surface area contributed by atoms with Gasteiger partial charge in [-0.05, 0) is 6.92 Å². The first-order chi connectivity index (χ1) is 8.01. The van der Waals surface area contributed by atoms with Crippen LogP contribution in [0.5, 0.6) is 0 Å². The normalized spacial score (nSPS) is 38.5. The summed E-state index contributed by atoms with van der Waals surface area (Å²) < 4.78 is 10.7. The molecule has 1 fully saturated rings. The second-order valence-electron chi connectivity index (χ2n) is 4.40. The second kappa shape index (κ2) is 6.30. The van der Waals surface area contributed by atoms with Gasteiger partial charge < -0.3 is 25.0 Å². The van der Waals surface area contributed by atoms with E-state index >= 15 is 0 Å². The molecule has 1 rings (SSSR count). The number of aliphatic hydroxyl groups excluding tert-OH is 2. The predicted octanol–water partition coefficient (Wildman–Crippen LogP) is -1.11. The predicted molar refractivity (Wildman–Crippen MR) is 60.4 cm³/mol. The number of aliphatic hydroxyl groups is 2. The molecule has 1 amide bonds. The first kappa shape index (κ1) is 14.4. The molecule has 17 heavy (non-hydrogen) atoms. The summed E-state index contributed by atoms with van der Waals surface area (Å²) in [7, 11) is 1.47. The average Bonchev–Trinajstić information content (AvgIpc) is 2.39. The van der Waals surface area contributed by atoms with Crippen molar-refractivity contribution in [1.29, 1.82) is 0 Å². The van der Waals surface area contributed by atoms with E-state index in [0.717, 1.165) is 0 Å². The third-order valence-electron chi connectivity index (χ3n) is 3.12. The number of amides is 1. The molecule has 1 aliphatic heterocycles. The Balaban J connectivity index is 2.85. The van der Waals surface area contributed by atoms with Crippen LogP contribution in [0, 0.1) is 5.92 Å². The third-order valence-corrected chi connectivity index (χ3v) is 3.12. The van der Waals surface area contributed by atoms with Crippen LogP contribution in [0.3, 0.4) is 0 Å². The maximum absolute atomic E-state index is 11.1. The van der Waals surface area contributed by atoms with Gasteiger partial charge in [0.05, 0.1) is 31.5 Å². The molecule has 1 aliphatic rings. The lowest BCUT2D eigenvalue weighted by atomic mass is 9.94. The van der Waals surface area contributed by atoms with Gasteiger partial charge in [-0.25, -0.2) is 0 Å². The van der Waals surface area contributed by atoms with Crippen LogP contribution in [0.1, 0.15) is 13.8 Å². The molecule has 0 radical (unpaired) electrons. The van der Waals surface area contributed by atoms with Crippen molar-refractivity contribution in [2.45, 2.75) is 38.2 Å². The Bertz CT molecular complexity index is 260. The summed E-state index contributed by atoms with van der Waals surface area (Å²) >= 11 is 0. The molecule has 4 unspecified atom stereocenters. The van der Waals surface area contributed by atoms with E-state index in [1.807, 2.05) is 0 Å². The van der Waals surface area contributed by atoms with E-state index in [1.54, 1.807) is 6.92 Å². The molecule has 0 bridgehead atoms. The number of nitrogens with one attached hydrogen (secondary N) is 1. The Morgan fingerprint density at radius 3 is 2.71 bits per heavy atom. The highest BCUT2D eigenvalue weighted by Crippen LogP contribution is 2.22. The van der Waals surface area contributed by atoms with Gasteiger partial charge in [0, 0.05) is 20.0 Å². The maximum Gasteiger partial charge on any atom is 0.217 e. The lowest BCUT2D eigenvalue weighted by molar-refractivity contribution is -0.123. The number of rotatable bonds is 3. The highest BCUT2D eigenvalue weighted by atomic mass is 16.5. The van der Waals surface area contributed by atoms with E-state index in [4.69, 9.17) is 9.47 Å². The van der Waals surface area contributed by atoms with Crippen LogP contribution in [0.15, 0.2) is 0 Å². The van der Waals surface area contributed by atoms with Gasteiger partial charge in [-0.2, -0.15) is 0 Å². The van der Waals surface area contributed by atoms with E-state index < -0.39 is 18.2 Å². The van der Waals surface area contributed by atoms with E-state index in [0.29, 0.717) is 6.61 Å². The molecule has 1 saturated heterocycles. The molecule has 0 aromatic rings. The lowest BCUT2D eigenvalue weighted by Crippen LogP contribution is -2.54. The molecule has 0 aromatic heterocycles. The molecule has 1 heterocycles. The second-order valence-corrected chi connectivity index (χ2v) is 4.40. The zero-order valence-corrected chi connectivity index (χ0v) is 10.4. The van der Waals surface area contributed by atoms with E-state index in [2.05, 4.69) is 5.32 Å². The fourth-order valence-electron chi connectivity index (χ4n) is 2.16. The van der Waals surface area contributed by atoms with Crippen molar-refractivity contribution >= 4 is 5.91 Å². The topological polar surface area (TPSA) is 88.0 Å². The Morgan fingerprint density at radius 1 is 1.59 bits per heavy atom. The standard InChI is InChI=1S/C11H21NO5/c1-6-9(12-7(2)14)10(15)11(16-3)8(4-13)5-17-6/h6,8-11,13,15H,4-5H2,1-3H3,(H,12,14)/t6?,8?,9?,10?,11-/m1/s1. The van der Waals surface area contributed by atoms with Crippen LogP contribution in [0.2, 0.25) is 0 Å². The summed E-state index contributed by atoms with van der Waals surface area (Å²) in [5, 5.41) is 22.1. The summed E-state index contributed by atoms with van der Waals surface area (Å²) in [6, 6.07) is -0.533. The molecule has 0 spiro atoms. The quantitative estimate of drug-likeness (QED) is 0.589. The minimum Gasteiger partial charge on any atom is -0.396 e. The van der Waals surface area contributed by atoms with E-state index in [-0.39, 0.29) is 24.5 Å². The van der Waals surface area contributed by atoms with Crippen molar-refractivity contribution < 1.29 is 24.5 Å². The highest BCUT2D eigenvalue weighted by Gasteiger charge is 2.40. The van der Waals surface area contributed by atoms with Gasteiger partial charge in [-0.15, -0.1) is 0 Å². The van der Waals surface area contributed by atoms with Crippen molar-refractivity contribution in [3.63, 3.8) is 0 Å². The van der Waals surface area contributed by atoms with Crippen LogP contribution >= 0.6 is 0 Å². The van der Waals surface area contributed by atoms with Crippen molar-refractivity contribution in [3.8, 4) is 0 Å². The Hall–Kier alpha value is -0.690. The van der Waals surface area contributed by atoms with Gasteiger partial charge in [0.25, 0.3) is 0 Å². The first-order valence-corrected chi connectivity index (χ1v) is 5.71. The number of carbonyl (C=O) groups is 1. The van der Waals surface area contributed by atoms with Gasteiger partial charge in [0.15, 0.2) is 0 Å². The number of hydrogen-bond donors (Lipinski definition) is 3. The molecule has 6 nitrogen and oxygen atoms in total. The number of carbonyl (C=O) groups excluding carboxylic acids is 1. The number of methoxy groups -OCH3 is 1. The molecule has 0 saturated carbocycles. The SMILES string of the molecule is CO[C@@H]1C(CO)COC(C)C(NC(C)=O)C1O. The first-order valence-electron chi connectivity index (χ1n) is 5.71. The lowest BCUT2D eigenvalue weighted by Gasteiger charge is -2.30. The minimum absolute atomic E-state index is 0.130. The fraction of sp³-hybridized carbons (Fsp3) is 0.909. The van der Waals surface area contributed by atoms with Gasteiger partial charge in [-0.1, -0.05) is 0 Å². The van der Waals surface area contributed by atoms with Gasteiger partial charge in [0.2, 0.25) is 5.91 Å². The summed E-state index contributed by atoms with van der Waals surface area (Å²) in [6.45, 7) is 3.32. The molecule has 5 atom stereocenters. The van der Waals surface area contributed by atoms with Gasteiger partial charge in [0.1, 0.15) is 6.10 Å². The molecule has 6 heteroatoms. The summed E-state index contributed by atoms with van der Waals surface area (Å²) in [6.07, 6.45) is -1.79. The smallest absolute Gasteiger partial charge is 0.217 e. The van der Waals surface area contributed by atoms with Crippen molar-refractivity contribution in [2.75, 3.05) is 20.3 Å². The van der Waals surface area contributed by atoms with Crippen LogP contribution in [0.4, 0.5) is 0 Å². The number of ether oxygens (including phenoxy) is 2. The Kier molecular flexibility index (Phi) is 5.32. The Labute approximate surface area is 101 Å². The highest BCUT2D eigenvalue weighted by molar-refractivity contribution is 5.73. The molecule has 0 aromatic carbocycles. The molecular formula is C11H21NO5. The summed E-state index contributed by atoms with van der Waals surface area (Å²) in [5.41, 5.74) is 0. The average molecular weight is 247 g/mol. The van der Waals surface area contributed by atoms with E-state index in [9.17, 15) is 15.0 Å². The maximum atomic E-state index is 11.1.